The maximum absolute atomic E-state index is 13.3. The van der Waals surface area contributed by atoms with Crippen molar-refractivity contribution in [3.8, 4) is 0 Å². The molecule has 0 radical (unpaired) electrons. The summed E-state index contributed by atoms with van der Waals surface area (Å²) in [6.45, 7) is 4.42. The number of amides is 1. The number of unbranched alkanes of at least 4 members (excludes halogenated alkanes) is 2. The number of carbonyl (C=O) groups excluding carboxylic acids is 1. The van der Waals surface area contributed by atoms with E-state index < -0.39 is 5.97 Å². The fourth-order valence-corrected chi connectivity index (χ4v) is 5.17. The Balaban J connectivity index is 1.58. The molecular formula is C25H37NO3. The molecule has 1 amide bonds. The fourth-order valence-electron chi connectivity index (χ4n) is 5.17. The largest absolute Gasteiger partial charge is 0.481 e. The van der Waals surface area contributed by atoms with Crippen molar-refractivity contribution in [3.63, 3.8) is 0 Å². The molecule has 1 aliphatic heterocycles. The third-order valence-electron chi connectivity index (χ3n) is 6.86. The lowest BCUT2D eigenvalue weighted by atomic mass is 9.79. The van der Waals surface area contributed by atoms with E-state index in [1.807, 2.05) is 0 Å². The van der Waals surface area contributed by atoms with Crippen molar-refractivity contribution in [1.29, 1.82) is 0 Å². The number of hydrogen-bond donors (Lipinski definition) is 1. The first-order valence-corrected chi connectivity index (χ1v) is 11.7. The number of fused-ring (bicyclic) bond motifs is 1. The number of aliphatic carboxylic acids is 1. The van der Waals surface area contributed by atoms with Crippen LogP contribution in [0.2, 0.25) is 0 Å². The second kappa shape index (κ2) is 10.3. The van der Waals surface area contributed by atoms with Crippen LogP contribution in [-0.4, -0.2) is 23.0 Å². The second-order valence-electron chi connectivity index (χ2n) is 9.19. The molecule has 1 unspecified atom stereocenters. The molecule has 1 aromatic carbocycles. The van der Waals surface area contributed by atoms with Gasteiger partial charge in [-0.2, -0.15) is 0 Å². The molecule has 3 rings (SSSR count). The number of hydrogen-bond acceptors (Lipinski definition) is 2. The van der Waals surface area contributed by atoms with Gasteiger partial charge in [-0.25, -0.2) is 0 Å². The van der Waals surface area contributed by atoms with Gasteiger partial charge in [-0.1, -0.05) is 38.3 Å². The highest BCUT2D eigenvalue weighted by molar-refractivity contribution is 5.97. The van der Waals surface area contributed by atoms with Crippen molar-refractivity contribution in [1.82, 2.24) is 0 Å². The van der Waals surface area contributed by atoms with Crippen LogP contribution in [0.15, 0.2) is 18.2 Å². The average Bonchev–Trinajstić information content (AvgIpc) is 3.04. The van der Waals surface area contributed by atoms with Crippen molar-refractivity contribution < 1.29 is 14.7 Å². The third-order valence-corrected chi connectivity index (χ3v) is 6.86. The molecule has 29 heavy (non-hydrogen) atoms. The van der Waals surface area contributed by atoms with Gasteiger partial charge in [0.15, 0.2) is 0 Å². The zero-order chi connectivity index (χ0) is 20.8. The molecular weight excluding hydrogens is 362 g/mol. The zero-order valence-electron chi connectivity index (χ0n) is 18.2. The molecule has 1 N–H and O–H groups in total. The summed E-state index contributed by atoms with van der Waals surface area (Å²) in [6.07, 6.45) is 12.1. The van der Waals surface area contributed by atoms with Gasteiger partial charge in [0.05, 0.1) is 0 Å². The fraction of sp³-hybridized carbons (Fsp3) is 0.680. The summed E-state index contributed by atoms with van der Waals surface area (Å²) in [4.78, 5) is 26.1. The monoisotopic (exact) mass is 399 g/mol. The normalized spacial score (nSPS) is 23.8. The highest BCUT2D eigenvalue weighted by Gasteiger charge is 2.36. The van der Waals surface area contributed by atoms with Gasteiger partial charge in [0.2, 0.25) is 5.91 Å². The van der Waals surface area contributed by atoms with Crippen LogP contribution >= 0.6 is 0 Å². The van der Waals surface area contributed by atoms with Crippen molar-refractivity contribution in [2.45, 2.75) is 96.9 Å². The minimum absolute atomic E-state index is 0.192. The van der Waals surface area contributed by atoms with E-state index in [9.17, 15) is 9.59 Å². The number of carboxylic acid groups (broad SMARTS) is 1. The Bertz CT molecular complexity index is 706. The predicted molar refractivity (Wildman–Crippen MR) is 117 cm³/mol. The Labute approximate surface area is 175 Å². The van der Waals surface area contributed by atoms with Crippen LogP contribution in [0.1, 0.15) is 89.2 Å². The number of carboxylic acids is 1. The molecule has 160 valence electrons. The molecule has 0 aromatic heterocycles. The average molecular weight is 400 g/mol. The maximum Gasteiger partial charge on any atom is 0.303 e. The molecule has 2 aliphatic rings. The predicted octanol–water partition coefficient (Wildman–Crippen LogP) is 5.76. The molecule has 1 aromatic rings. The SMILES string of the molecule is CCCCC1CCC(C(=O)N2c3ccc(CCCCC(=O)O)cc3CC2C)CC1. The molecule has 1 fully saturated rings. The Morgan fingerprint density at radius 1 is 1.10 bits per heavy atom. The Morgan fingerprint density at radius 2 is 1.86 bits per heavy atom. The summed E-state index contributed by atoms with van der Waals surface area (Å²) in [6, 6.07) is 6.72. The maximum atomic E-state index is 13.3. The van der Waals surface area contributed by atoms with Gasteiger partial charge in [-0.15, -0.1) is 0 Å². The van der Waals surface area contributed by atoms with Crippen LogP contribution < -0.4 is 4.90 Å². The van der Waals surface area contributed by atoms with Gasteiger partial charge in [-0.3, -0.25) is 9.59 Å². The van der Waals surface area contributed by atoms with E-state index >= 15 is 0 Å². The van der Waals surface area contributed by atoms with E-state index in [4.69, 9.17) is 5.11 Å². The number of anilines is 1. The Kier molecular flexibility index (Phi) is 7.74. The zero-order valence-corrected chi connectivity index (χ0v) is 18.2. The van der Waals surface area contributed by atoms with E-state index in [1.165, 1.54) is 43.2 Å². The van der Waals surface area contributed by atoms with Crippen molar-refractivity contribution in [3.05, 3.63) is 29.3 Å². The second-order valence-corrected chi connectivity index (χ2v) is 9.19. The Morgan fingerprint density at radius 3 is 2.55 bits per heavy atom. The highest BCUT2D eigenvalue weighted by atomic mass is 16.4. The lowest BCUT2D eigenvalue weighted by Gasteiger charge is -2.32. The first-order chi connectivity index (χ1) is 14.0. The summed E-state index contributed by atoms with van der Waals surface area (Å²) >= 11 is 0. The first kappa shape index (κ1) is 21.9. The third kappa shape index (κ3) is 5.61. The van der Waals surface area contributed by atoms with Gasteiger partial charge in [0.25, 0.3) is 0 Å². The van der Waals surface area contributed by atoms with Gasteiger partial charge in [0.1, 0.15) is 0 Å². The minimum atomic E-state index is -0.721. The summed E-state index contributed by atoms with van der Waals surface area (Å²) in [5, 5.41) is 8.77. The van der Waals surface area contributed by atoms with E-state index in [0.717, 1.165) is 43.7 Å². The van der Waals surface area contributed by atoms with Gasteiger partial charge < -0.3 is 10.0 Å². The molecule has 1 heterocycles. The lowest BCUT2D eigenvalue weighted by Crippen LogP contribution is -2.41. The van der Waals surface area contributed by atoms with Crippen molar-refractivity contribution >= 4 is 17.6 Å². The molecule has 0 saturated heterocycles. The highest BCUT2D eigenvalue weighted by Crippen LogP contribution is 2.38. The van der Waals surface area contributed by atoms with Crippen molar-refractivity contribution in [2.75, 3.05) is 4.90 Å². The van der Waals surface area contributed by atoms with E-state index in [1.54, 1.807) is 0 Å². The summed E-state index contributed by atoms with van der Waals surface area (Å²) in [7, 11) is 0. The van der Waals surface area contributed by atoms with Crippen LogP contribution in [0.3, 0.4) is 0 Å². The van der Waals surface area contributed by atoms with E-state index in [2.05, 4.69) is 36.9 Å². The number of rotatable bonds is 9. The standard InChI is InChI=1S/C25H37NO3/c1-3-4-7-19-10-13-21(14-11-19)25(29)26-18(2)16-22-17-20(12-15-23(22)26)8-5-6-9-24(27)28/h12,15,17-19,21H,3-11,13-14,16H2,1-2H3,(H,27,28). The lowest BCUT2D eigenvalue weighted by molar-refractivity contribution is -0.137. The van der Waals surface area contributed by atoms with Crippen LogP contribution in [-0.2, 0) is 22.4 Å². The van der Waals surface area contributed by atoms with Crippen LogP contribution in [0, 0.1) is 11.8 Å². The molecule has 4 heteroatoms. The molecule has 1 saturated carbocycles. The number of carbonyl (C=O) groups is 2. The minimum Gasteiger partial charge on any atom is -0.481 e. The summed E-state index contributed by atoms with van der Waals surface area (Å²) in [5.74, 6) is 0.628. The van der Waals surface area contributed by atoms with E-state index in [-0.39, 0.29) is 18.4 Å². The number of nitrogens with zero attached hydrogens (tertiary/aromatic N) is 1. The van der Waals surface area contributed by atoms with Crippen LogP contribution in [0.25, 0.3) is 0 Å². The Hall–Kier alpha value is -1.84. The smallest absolute Gasteiger partial charge is 0.303 e. The van der Waals surface area contributed by atoms with Gasteiger partial charge >= 0.3 is 5.97 Å². The first-order valence-electron chi connectivity index (χ1n) is 11.7. The quantitative estimate of drug-likeness (QED) is 0.537. The summed E-state index contributed by atoms with van der Waals surface area (Å²) < 4.78 is 0. The van der Waals surface area contributed by atoms with Gasteiger partial charge in [0, 0.05) is 24.1 Å². The van der Waals surface area contributed by atoms with Crippen LogP contribution in [0.5, 0.6) is 0 Å². The number of aryl methyl sites for hydroxylation is 1. The van der Waals surface area contributed by atoms with Crippen molar-refractivity contribution in [2.24, 2.45) is 11.8 Å². The molecule has 1 atom stereocenters. The topological polar surface area (TPSA) is 57.6 Å². The summed E-state index contributed by atoms with van der Waals surface area (Å²) in [5.41, 5.74) is 3.63. The molecule has 0 bridgehead atoms. The van der Waals surface area contributed by atoms with Gasteiger partial charge in [-0.05, 0) is 81.4 Å². The molecule has 1 aliphatic carbocycles. The number of benzene rings is 1. The molecule has 4 nitrogen and oxygen atoms in total. The molecule has 0 spiro atoms. The van der Waals surface area contributed by atoms with Crippen LogP contribution in [0.4, 0.5) is 5.69 Å². The van der Waals surface area contributed by atoms with E-state index in [0.29, 0.717) is 12.3 Å².